The molecule has 0 aliphatic carbocycles. The fourth-order valence-electron chi connectivity index (χ4n) is 2.71. The van der Waals surface area contributed by atoms with Crippen molar-refractivity contribution in [3.05, 3.63) is 42.5 Å². The number of likely N-dealkylation sites (tertiary alicyclic amines) is 1. The van der Waals surface area contributed by atoms with Gasteiger partial charge >= 0.3 is 0 Å². The van der Waals surface area contributed by atoms with Gasteiger partial charge in [0.05, 0.1) is 12.6 Å². The van der Waals surface area contributed by atoms with E-state index in [1.807, 2.05) is 6.92 Å². The van der Waals surface area contributed by atoms with Crippen molar-refractivity contribution < 1.29 is 18.3 Å². The van der Waals surface area contributed by atoms with E-state index in [2.05, 4.69) is 10.1 Å². The molecule has 128 valence electrons. The van der Waals surface area contributed by atoms with Crippen LogP contribution in [0.2, 0.25) is 0 Å². The van der Waals surface area contributed by atoms with E-state index in [1.165, 1.54) is 0 Å². The van der Waals surface area contributed by atoms with E-state index in [4.69, 9.17) is 4.74 Å². The van der Waals surface area contributed by atoms with Crippen molar-refractivity contribution in [3.63, 3.8) is 0 Å². The molecule has 1 fully saturated rings. The van der Waals surface area contributed by atoms with E-state index in [9.17, 15) is 13.6 Å². The molecule has 1 amide bonds. The summed E-state index contributed by atoms with van der Waals surface area (Å²) < 4.78 is 34.8. The van der Waals surface area contributed by atoms with Crippen LogP contribution in [0.3, 0.4) is 0 Å². The number of aryl methyl sites for hydroxylation is 1. The summed E-state index contributed by atoms with van der Waals surface area (Å²) in [6.07, 6.45) is 4.35. The Morgan fingerprint density at radius 2 is 2.12 bits per heavy atom. The van der Waals surface area contributed by atoms with Crippen molar-refractivity contribution in [2.24, 2.45) is 0 Å². The van der Waals surface area contributed by atoms with Crippen LogP contribution in [0.4, 0.5) is 8.78 Å². The molecular formula is C16H18F2N4O2. The van der Waals surface area contributed by atoms with E-state index in [0.717, 1.165) is 4.90 Å². The summed E-state index contributed by atoms with van der Waals surface area (Å²) in [4.78, 5) is 17.6. The first-order chi connectivity index (χ1) is 11.5. The normalized spacial score (nSPS) is 19.5. The summed E-state index contributed by atoms with van der Waals surface area (Å²) in [7, 11) is 0. The minimum Gasteiger partial charge on any atom is -0.491 e. The van der Waals surface area contributed by atoms with Crippen LogP contribution < -0.4 is 4.74 Å². The third-order valence-corrected chi connectivity index (χ3v) is 3.91. The highest BCUT2D eigenvalue weighted by atomic mass is 19.3. The Bertz CT molecular complexity index is 705. The average Bonchev–Trinajstić information content (AvgIpc) is 3.17. The summed E-state index contributed by atoms with van der Waals surface area (Å²) >= 11 is 0. The molecule has 0 bridgehead atoms. The second-order valence-electron chi connectivity index (χ2n) is 5.70. The van der Waals surface area contributed by atoms with Crippen LogP contribution >= 0.6 is 0 Å². The van der Waals surface area contributed by atoms with Gasteiger partial charge in [0, 0.05) is 31.6 Å². The predicted molar refractivity (Wildman–Crippen MR) is 82.0 cm³/mol. The molecule has 1 saturated heterocycles. The Kier molecular flexibility index (Phi) is 4.46. The van der Waals surface area contributed by atoms with E-state index in [1.54, 1.807) is 41.5 Å². The van der Waals surface area contributed by atoms with Crippen LogP contribution in [0.15, 0.2) is 36.8 Å². The quantitative estimate of drug-likeness (QED) is 0.840. The number of pyridine rings is 1. The molecule has 1 aliphatic rings. The second kappa shape index (κ2) is 6.54. The molecule has 0 spiro atoms. The lowest BCUT2D eigenvalue weighted by Crippen LogP contribution is -2.39. The number of nitrogens with zero attached hydrogens (tertiary/aromatic N) is 4. The first-order valence-electron chi connectivity index (χ1n) is 7.73. The molecule has 3 heterocycles. The molecular weight excluding hydrogens is 318 g/mol. The lowest BCUT2D eigenvalue weighted by molar-refractivity contribution is 0.0115. The fourth-order valence-corrected chi connectivity index (χ4v) is 2.71. The zero-order valence-electron chi connectivity index (χ0n) is 13.2. The molecule has 0 N–H and O–H groups in total. The number of hydrogen-bond acceptors (Lipinski definition) is 4. The van der Waals surface area contributed by atoms with Gasteiger partial charge in [0.1, 0.15) is 18.1 Å². The molecule has 24 heavy (non-hydrogen) atoms. The minimum absolute atomic E-state index is 0.000169. The monoisotopic (exact) mass is 336 g/mol. The van der Waals surface area contributed by atoms with Crippen molar-refractivity contribution >= 4 is 5.91 Å². The van der Waals surface area contributed by atoms with Crippen LogP contribution in [-0.2, 0) is 6.54 Å². The van der Waals surface area contributed by atoms with E-state index >= 15 is 0 Å². The highest BCUT2D eigenvalue weighted by molar-refractivity contribution is 5.92. The number of rotatable bonds is 5. The maximum Gasteiger partial charge on any atom is 0.274 e. The Hall–Kier alpha value is -2.51. The van der Waals surface area contributed by atoms with Gasteiger partial charge in [-0.15, -0.1) is 0 Å². The minimum atomic E-state index is -2.92. The van der Waals surface area contributed by atoms with Crippen molar-refractivity contribution in [2.75, 3.05) is 13.2 Å². The zero-order chi connectivity index (χ0) is 17.2. The number of aromatic nitrogens is 3. The van der Waals surface area contributed by atoms with Gasteiger partial charge in [-0.25, -0.2) is 8.78 Å². The van der Waals surface area contributed by atoms with Crippen LogP contribution in [0.1, 0.15) is 23.8 Å². The highest BCUT2D eigenvalue weighted by Gasteiger charge is 2.47. The molecule has 1 aliphatic heterocycles. The maximum atomic E-state index is 13.8. The summed E-state index contributed by atoms with van der Waals surface area (Å²) in [5.74, 6) is -2.89. The molecule has 8 heteroatoms. The number of ether oxygens (including phenoxy) is 1. The predicted octanol–water partition coefficient (Wildman–Crippen LogP) is 2.23. The zero-order valence-corrected chi connectivity index (χ0v) is 13.2. The molecule has 3 rings (SSSR count). The van der Waals surface area contributed by atoms with E-state index in [-0.39, 0.29) is 12.3 Å². The summed E-state index contributed by atoms with van der Waals surface area (Å²) in [6, 6.07) is 4.13. The lowest BCUT2D eigenvalue weighted by atomic mass is 10.2. The van der Waals surface area contributed by atoms with E-state index in [0.29, 0.717) is 12.3 Å². The number of alkyl halides is 2. The Morgan fingerprint density at radius 1 is 1.38 bits per heavy atom. The van der Waals surface area contributed by atoms with Gasteiger partial charge in [-0.05, 0) is 25.1 Å². The maximum absolute atomic E-state index is 13.8. The van der Waals surface area contributed by atoms with Crippen LogP contribution in [0.25, 0.3) is 0 Å². The molecule has 2 aromatic heterocycles. The van der Waals surface area contributed by atoms with Crippen molar-refractivity contribution in [2.45, 2.75) is 31.9 Å². The molecule has 2 aromatic rings. The number of hydrogen-bond donors (Lipinski definition) is 0. The summed E-state index contributed by atoms with van der Waals surface area (Å²) in [6.45, 7) is 1.88. The molecule has 0 unspecified atom stereocenters. The number of amides is 1. The molecule has 1 atom stereocenters. The topological polar surface area (TPSA) is 60.2 Å². The Labute approximate surface area is 138 Å². The molecule has 0 saturated carbocycles. The number of carbonyl (C=O) groups is 1. The van der Waals surface area contributed by atoms with Crippen LogP contribution in [0.5, 0.6) is 5.75 Å². The first-order valence-corrected chi connectivity index (χ1v) is 7.73. The summed E-state index contributed by atoms with van der Waals surface area (Å²) in [5.41, 5.74) is 0.170. The Balaban J connectivity index is 1.72. The average molecular weight is 336 g/mol. The molecule has 6 nitrogen and oxygen atoms in total. The van der Waals surface area contributed by atoms with Gasteiger partial charge in [0.15, 0.2) is 0 Å². The largest absolute Gasteiger partial charge is 0.491 e. The van der Waals surface area contributed by atoms with E-state index < -0.39 is 30.8 Å². The molecule has 0 aromatic carbocycles. The van der Waals surface area contributed by atoms with Crippen molar-refractivity contribution in [1.29, 1.82) is 0 Å². The van der Waals surface area contributed by atoms with Crippen LogP contribution in [0, 0.1) is 0 Å². The second-order valence-corrected chi connectivity index (χ2v) is 5.70. The van der Waals surface area contributed by atoms with Crippen molar-refractivity contribution in [1.82, 2.24) is 19.7 Å². The number of halogens is 2. The van der Waals surface area contributed by atoms with Gasteiger partial charge in [-0.3, -0.25) is 14.5 Å². The standard InChI is InChI=1S/C16H18F2N4O2/c1-2-21-8-5-14(20-21)15(23)22-11-16(17,18)9-12(22)10-24-13-3-6-19-7-4-13/h3-8,12H,2,9-11H2,1H3/t12-/m0/s1. The highest BCUT2D eigenvalue weighted by Crippen LogP contribution is 2.33. The molecule has 0 radical (unpaired) electrons. The van der Waals surface area contributed by atoms with Crippen molar-refractivity contribution in [3.8, 4) is 5.75 Å². The Morgan fingerprint density at radius 3 is 2.79 bits per heavy atom. The summed E-state index contributed by atoms with van der Waals surface area (Å²) in [5, 5.41) is 4.11. The lowest BCUT2D eigenvalue weighted by Gasteiger charge is -2.23. The van der Waals surface area contributed by atoms with Gasteiger partial charge in [-0.1, -0.05) is 0 Å². The SMILES string of the molecule is CCn1ccc(C(=O)N2CC(F)(F)C[C@H]2COc2ccncc2)n1. The third kappa shape index (κ3) is 3.52. The first kappa shape index (κ1) is 16.4. The van der Waals surface area contributed by atoms with Gasteiger partial charge in [0.25, 0.3) is 11.8 Å². The smallest absolute Gasteiger partial charge is 0.274 e. The fraction of sp³-hybridized carbons (Fsp3) is 0.438. The third-order valence-electron chi connectivity index (χ3n) is 3.91. The van der Waals surface area contributed by atoms with Gasteiger partial charge < -0.3 is 9.64 Å². The van der Waals surface area contributed by atoms with Crippen LogP contribution in [-0.4, -0.2) is 50.7 Å². The number of carbonyl (C=O) groups excluding carboxylic acids is 1. The van der Waals surface area contributed by atoms with Gasteiger partial charge in [-0.2, -0.15) is 5.10 Å². The van der Waals surface area contributed by atoms with Gasteiger partial charge in [0.2, 0.25) is 0 Å².